The van der Waals surface area contributed by atoms with Crippen LogP contribution in [-0.2, 0) is 0 Å². The van der Waals surface area contributed by atoms with Crippen molar-refractivity contribution in [3.8, 4) is 0 Å². The molecular formula is C15H26N2. The van der Waals surface area contributed by atoms with E-state index in [4.69, 9.17) is 0 Å². The third-order valence-corrected chi connectivity index (χ3v) is 6.03. The molecule has 4 fully saturated rings. The topological polar surface area (TPSA) is 15.3 Å². The lowest BCUT2D eigenvalue weighted by Gasteiger charge is -2.34. The quantitative estimate of drug-likeness (QED) is 0.789. The van der Waals surface area contributed by atoms with Gasteiger partial charge in [-0.05, 0) is 56.9 Å². The summed E-state index contributed by atoms with van der Waals surface area (Å²) >= 11 is 0. The van der Waals surface area contributed by atoms with Crippen molar-refractivity contribution in [2.24, 2.45) is 11.8 Å². The van der Waals surface area contributed by atoms with Gasteiger partial charge in [0.1, 0.15) is 0 Å². The van der Waals surface area contributed by atoms with Gasteiger partial charge in [-0.2, -0.15) is 0 Å². The second-order valence-electron chi connectivity index (χ2n) is 6.94. The van der Waals surface area contributed by atoms with E-state index in [1.165, 1.54) is 64.5 Å². The molecule has 0 aromatic heterocycles. The van der Waals surface area contributed by atoms with Gasteiger partial charge in [0, 0.05) is 24.7 Å². The summed E-state index contributed by atoms with van der Waals surface area (Å²) in [6.07, 6.45) is 11.9. The van der Waals surface area contributed by atoms with Crippen molar-refractivity contribution in [2.75, 3.05) is 13.1 Å². The molecule has 4 aliphatic rings. The average Bonchev–Trinajstić information content (AvgIpc) is 3.05. The summed E-state index contributed by atoms with van der Waals surface area (Å²) in [7, 11) is 0. The Labute approximate surface area is 105 Å². The zero-order valence-corrected chi connectivity index (χ0v) is 10.9. The molecule has 1 aliphatic carbocycles. The van der Waals surface area contributed by atoms with Gasteiger partial charge in [-0.25, -0.2) is 0 Å². The largest absolute Gasteiger partial charge is 0.311 e. The molecule has 0 aromatic carbocycles. The van der Waals surface area contributed by atoms with E-state index in [1.54, 1.807) is 0 Å². The maximum absolute atomic E-state index is 3.80. The maximum Gasteiger partial charge on any atom is 0.0124 e. The molecule has 3 saturated heterocycles. The van der Waals surface area contributed by atoms with Crippen molar-refractivity contribution in [1.29, 1.82) is 0 Å². The summed E-state index contributed by atoms with van der Waals surface area (Å²) in [5, 5.41) is 3.80. The molecule has 17 heavy (non-hydrogen) atoms. The second kappa shape index (κ2) is 4.24. The molecule has 2 heteroatoms. The van der Waals surface area contributed by atoms with Crippen LogP contribution < -0.4 is 5.32 Å². The van der Waals surface area contributed by atoms with Crippen LogP contribution in [-0.4, -0.2) is 36.1 Å². The van der Waals surface area contributed by atoms with Crippen LogP contribution in [0.4, 0.5) is 0 Å². The average molecular weight is 234 g/mol. The van der Waals surface area contributed by atoms with Gasteiger partial charge in [0.15, 0.2) is 0 Å². The summed E-state index contributed by atoms with van der Waals surface area (Å²) in [4.78, 5) is 2.87. The molecule has 2 bridgehead atoms. The first kappa shape index (κ1) is 10.8. The Kier molecular flexibility index (Phi) is 2.69. The molecule has 3 heterocycles. The van der Waals surface area contributed by atoms with E-state index < -0.39 is 0 Å². The fourth-order valence-electron chi connectivity index (χ4n) is 5.17. The molecule has 96 valence electrons. The summed E-state index contributed by atoms with van der Waals surface area (Å²) in [5.74, 6) is 2.05. The van der Waals surface area contributed by atoms with Gasteiger partial charge in [-0.3, -0.25) is 4.90 Å². The predicted octanol–water partition coefficient (Wildman–Crippen LogP) is 2.39. The van der Waals surface area contributed by atoms with E-state index in [1.807, 2.05) is 0 Å². The van der Waals surface area contributed by atoms with Gasteiger partial charge in [-0.15, -0.1) is 0 Å². The Morgan fingerprint density at radius 2 is 1.94 bits per heavy atom. The molecular weight excluding hydrogens is 208 g/mol. The van der Waals surface area contributed by atoms with Crippen LogP contribution in [0, 0.1) is 11.8 Å². The number of nitrogens with one attached hydrogen (secondary N) is 1. The van der Waals surface area contributed by atoms with Gasteiger partial charge in [0.05, 0.1) is 0 Å². The molecule has 4 rings (SSSR count). The number of hydrogen-bond acceptors (Lipinski definition) is 2. The molecule has 2 nitrogen and oxygen atoms in total. The van der Waals surface area contributed by atoms with E-state index in [0.29, 0.717) is 0 Å². The van der Waals surface area contributed by atoms with Crippen LogP contribution in [0.1, 0.15) is 51.4 Å². The molecule has 0 aromatic rings. The molecule has 5 atom stereocenters. The van der Waals surface area contributed by atoms with Crippen LogP contribution in [0.3, 0.4) is 0 Å². The van der Waals surface area contributed by atoms with Crippen molar-refractivity contribution >= 4 is 0 Å². The Morgan fingerprint density at radius 3 is 2.76 bits per heavy atom. The maximum atomic E-state index is 3.80. The summed E-state index contributed by atoms with van der Waals surface area (Å²) in [5.41, 5.74) is 0. The van der Waals surface area contributed by atoms with E-state index in [2.05, 4.69) is 10.2 Å². The van der Waals surface area contributed by atoms with E-state index in [9.17, 15) is 0 Å². The van der Waals surface area contributed by atoms with Crippen molar-refractivity contribution in [2.45, 2.75) is 69.5 Å². The molecule has 1 saturated carbocycles. The third kappa shape index (κ3) is 1.84. The summed E-state index contributed by atoms with van der Waals surface area (Å²) in [6.45, 7) is 2.82. The van der Waals surface area contributed by atoms with Crippen LogP contribution in [0.5, 0.6) is 0 Å². The second-order valence-corrected chi connectivity index (χ2v) is 6.94. The normalized spacial score (nSPS) is 49.8. The highest BCUT2D eigenvalue weighted by Gasteiger charge is 2.42. The lowest BCUT2D eigenvalue weighted by atomic mass is 9.84. The highest BCUT2D eigenvalue weighted by atomic mass is 15.2. The minimum absolute atomic E-state index is 0.877. The third-order valence-electron chi connectivity index (χ3n) is 6.03. The Bertz CT molecular complexity index is 291. The minimum Gasteiger partial charge on any atom is -0.311 e. The van der Waals surface area contributed by atoms with Crippen molar-refractivity contribution in [1.82, 2.24) is 10.2 Å². The molecule has 0 amide bonds. The molecule has 5 unspecified atom stereocenters. The Hall–Kier alpha value is -0.0800. The number of nitrogens with zero attached hydrogens (tertiary/aromatic N) is 1. The lowest BCUT2D eigenvalue weighted by molar-refractivity contribution is 0.150. The van der Waals surface area contributed by atoms with Crippen molar-refractivity contribution < 1.29 is 0 Å². The standard InChI is InChI=1S/C15H26N2/c1-2-4-15-11(3-1)7-8-17(15)10-12-9-13-5-6-14(12)16-13/h11-16H,1-10H2. The summed E-state index contributed by atoms with van der Waals surface area (Å²) in [6, 6.07) is 2.74. The fraction of sp³-hybridized carbons (Fsp3) is 1.00. The van der Waals surface area contributed by atoms with Crippen LogP contribution in [0.15, 0.2) is 0 Å². The number of likely N-dealkylation sites (tertiary alicyclic amines) is 1. The van der Waals surface area contributed by atoms with Gasteiger partial charge >= 0.3 is 0 Å². The fourth-order valence-corrected chi connectivity index (χ4v) is 5.17. The Morgan fingerprint density at radius 1 is 1.00 bits per heavy atom. The smallest absolute Gasteiger partial charge is 0.0124 e. The number of fused-ring (bicyclic) bond motifs is 3. The minimum atomic E-state index is 0.877. The van der Waals surface area contributed by atoms with Crippen LogP contribution in [0.25, 0.3) is 0 Å². The predicted molar refractivity (Wildman–Crippen MR) is 70.0 cm³/mol. The SMILES string of the molecule is C1CCC2C(C1)CCN2CC1CC2CCC1N2. The Balaban J connectivity index is 1.39. The number of rotatable bonds is 2. The molecule has 0 spiro atoms. The van der Waals surface area contributed by atoms with Gasteiger partial charge in [0.2, 0.25) is 0 Å². The van der Waals surface area contributed by atoms with Gasteiger partial charge < -0.3 is 5.32 Å². The zero-order chi connectivity index (χ0) is 11.2. The van der Waals surface area contributed by atoms with Crippen LogP contribution in [0.2, 0.25) is 0 Å². The first-order valence-electron chi connectivity index (χ1n) is 7.90. The molecule has 1 N–H and O–H groups in total. The first-order valence-corrected chi connectivity index (χ1v) is 7.90. The highest BCUT2D eigenvalue weighted by Crippen LogP contribution is 2.39. The lowest BCUT2D eigenvalue weighted by Crippen LogP contribution is -2.40. The van der Waals surface area contributed by atoms with E-state index in [0.717, 1.165) is 30.0 Å². The van der Waals surface area contributed by atoms with Crippen LogP contribution >= 0.6 is 0 Å². The first-order chi connectivity index (χ1) is 8.40. The molecule has 3 aliphatic heterocycles. The van der Waals surface area contributed by atoms with E-state index >= 15 is 0 Å². The van der Waals surface area contributed by atoms with Gasteiger partial charge in [-0.1, -0.05) is 12.8 Å². The monoisotopic (exact) mass is 234 g/mol. The van der Waals surface area contributed by atoms with Crippen molar-refractivity contribution in [3.63, 3.8) is 0 Å². The summed E-state index contributed by atoms with van der Waals surface area (Å²) < 4.78 is 0. The molecule has 0 radical (unpaired) electrons. The van der Waals surface area contributed by atoms with E-state index in [-0.39, 0.29) is 0 Å². The zero-order valence-electron chi connectivity index (χ0n) is 10.9. The number of hydrogen-bond donors (Lipinski definition) is 1. The van der Waals surface area contributed by atoms with Crippen molar-refractivity contribution in [3.05, 3.63) is 0 Å². The highest BCUT2D eigenvalue weighted by molar-refractivity contribution is 5.00. The van der Waals surface area contributed by atoms with Gasteiger partial charge in [0.25, 0.3) is 0 Å².